The van der Waals surface area contributed by atoms with E-state index < -0.39 is 0 Å². The Morgan fingerprint density at radius 3 is 3.09 bits per heavy atom. The molecule has 1 aliphatic heterocycles. The summed E-state index contributed by atoms with van der Waals surface area (Å²) in [4.78, 5) is 13.7. The number of rotatable bonds is 6. The summed E-state index contributed by atoms with van der Waals surface area (Å²) < 4.78 is 0. The van der Waals surface area contributed by atoms with Crippen molar-refractivity contribution in [3.8, 4) is 0 Å². The first kappa shape index (κ1) is 15.3. The van der Waals surface area contributed by atoms with E-state index in [9.17, 15) is 4.79 Å². The van der Waals surface area contributed by atoms with E-state index in [1.54, 1.807) is 0 Å². The van der Waals surface area contributed by atoms with Crippen LogP contribution < -0.4 is 5.32 Å². The average Bonchev–Trinajstić information content (AvgIpc) is 2.87. The van der Waals surface area contributed by atoms with Gasteiger partial charge in [-0.1, -0.05) is 25.1 Å². The summed E-state index contributed by atoms with van der Waals surface area (Å²) in [7, 11) is 0. The number of carbonyl (C=O) groups excluding carboxylic acids is 1. The standard InChI is InChI=1S/C19H26N2O/c1-3-10-19-11-8-15-6-5-7-17(20-14-22)18(15)16(19)9-13-21(19)12-4-2/h3,5-7,14,16H,1,4,8-13H2,2H3,(H,20,22)/t16-,19+/m0/s1. The molecule has 1 aromatic rings. The van der Waals surface area contributed by atoms with Crippen LogP contribution in [0.15, 0.2) is 30.9 Å². The second-order valence-electron chi connectivity index (χ2n) is 6.57. The lowest BCUT2D eigenvalue weighted by molar-refractivity contribution is -0.105. The Bertz CT molecular complexity index is 569. The SMILES string of the molecule is C=CC[C@@]12CCc3cccc(NC=O)c3[C@@H]1CCN2CCC. The molecule has 0 aromatic heterocycles. The molecule has 3 nitrogen and oxygen atoms in total. The highest BCUT2D eigenvalue weighted by molar-refractivity contribution is 5.75. The van der Waals surface area contributed by atoms with Gasteiger partial charge in [-0.05, 0) is 62.4 Å². The van der Waals surface area contributed by atoms with Gasteiger partial charge in [0.15, 0.2) is 0 Å². The summed E-state index contributed by atoms with van der Waals surface area (Å²) in [6.07, 6.45) is 8.58. The molecule has 1 aliphatic carbocycles. The molecule has 1 fully saturated rings. The highest BCUT2D eigenvalue weighted by Crippen LogP contribution is 2.53. The number of amides is 1. The van der Waals surface area contributed by atoms with Crippen molar-refractivity contribution in [1.82, 2.24) is 4.90 Å². The number of aryl methyl sites for hydroxylation is 1. The number of nitrogens with zero attached hydrogens (tertiary/aromatic N) is 1. The zero-order valence-electron chi connectivity index (χ0n) is 13.5. The van der Waals surface area contributed by atoms with Gasteiger partial charge in [0.05, 0.1) is 0 Å². The molecule has 1 N–H and O–H groups in total. The van der Waals surface area contributed by atoms with Crippen LogP contribution in [0.2, 0.25) is 0 Å². The van der Waals surface area contributed by atoms with Gasteiger partial charge >= 0.3 is 0 Å². The minimum atomic E-state index is 0.200. The van der Waals surface area contributed by atoms with Crippen LogP contribution in [0, 0.1) is 0 Å². The molecule has 0 spiro atoms. The molecule has 3 heteroatoms. The van der Waals surface area contributed by atoms with E-state index in [0.717, 1.165) is 38.0 Å². The van der Waals surface area contributed by atoms with E-state index in [0.29, 0.717) is 5.92 Å². The molecule has 0 unspecified atom stereocenters. The maximum Gasteiger partial charge on any atom is 0.211 e. The molecule has 0 radical (unpaired) electrons. The summed E-state index contributed by atoms with van der Waals surface area (Å²) in [6, 6.07) is 6.33. The minimum Gasteiger partial charge on any atom is -0.328 e. The van der Waals surface area contributed by atoms with Crippen LogP contribution >= 0.6 is 0 Å². The van der Waals surface area contributed by atoms with E-state index in [1.807, 2.05) is 6.07 Å². The molecule has 22 heavy (non-hydrogen) atoms. The Morgan fingerprint density at radius 1 is 1.50 bits per heavy atom. The van der Waals surface area contributed by atoms with E-state index in [-0.39, 0.29) is 5.54 Å². The first-order valence-corrected chi connectivity index (χ1v) is 8.44. The third-order valence-electron chi connectivity index (χ3n) is 5.54. The van der Waals surface area contributed by atoms with Crippen molar-refractivity contribution >= 4 is 12.1 Å². The molecule has 1 amide bonds. The fourth-order valence-electron chi connectivity index (χ4n) is 4.75. The van der Waals surface area contributed by atoms with Gasteiger partial charge in [0.2, 0.25) is 6.41 Å². The Balaban J connectivity index is 2.06. The maximum atomic E-state index is 11.0. The lowest BCUT2D eigenvalue weighted by atomic mass is 9.68. The van der Waals surface area contributed by atoms with Gasteiger partial charge in [-0.3, -0.25) is 9.69 Å². The fourth-order valence-corrected chi connectivity index (χ4v) is 4.75. The smallest absolute Gasteiger partial charge is 0.211 e. The van der Waals surface area contributed by atoms with Crippen molar-refractivity contribution in [1.29, 1.82) is 0 Å². The fraction of sp³-hybridized carbons (Fsp3) is 0.526. The lowest BCUT2D eigenvalue weighted by Gasteiger charge is -2.46. The maximum absolute atomic E-state index is 11.0. The molecule has 0 bridgehead atoms. The Hall–Kier alpha value is -1.61. The van der Waals surface area contributed by atoms with Gasteiger partial charge in [0, 0.05) is 17.1 Å². The van der Waals surface area contributed by atoms with Gasteiger partial charge in [-0.25, -0.2) is 0 Å². The normalized spacial score (nSPS) is 27.0. The van der Waals surface area contributed by atoms with Crippen molar-refractivity contribution < 1.29 is 4.79 Å². The van der Waals surface area contributed by atoms with Gasteiger partial charge in [-0.15, -0.1) is 6.58 Å². The highest BCUT2D eigenvalue weighted by Gasteiger charge is 2.50. The van der Waals surface area contributed by atoms with E-state index in [2.05, 4.69) is 41.9 Å². The van der Waals surface area contributed by atoms with Crippen molar-refractivity contribution in [3.05, 3.63) is 42.0 Å². The number of fused-ring (bicyclic) bond motifs is 3. The van der Waals surface area contributed by atoms with E-state index >= 15 is 0 Å². The summed E-state index contributed by atoms with van der Waals surface area (Å²) in [5.41, 5.74) is 3.99. The highest BCUT2D eigenvalue weighted by atomic mass is 16.1. The van der Waals surface area contributed by atoms with Crippen molar-refractivity contribution in [2.75, 3.05) is 18.4 Å². The summed E-state index contributed by atoms with van der Waals surface area (Å²) in [6.45, 7) is 8.59. The Labute approximate surface area is 133 Å². The molecule has 3 rings (SSSR count). The molecule has 2 atom stereocenters. The molecule has 2 aliphatic rings. The number of nitrogens with one attached hydrogen (secondary N) is 1. The number of anilines is 1. The summed E-state index contributed by atoms with van der Waals surface area (Å²) in [5, 5.41) is 2.93. The summed E-state index contributed by atoms with van der Waals surface area (Å²) in [5.74, 6) is 0.504. The van der Waals surface area contributed by atoms with E-state index in [1.165, 1.54) is 30.4 Å². The lowest BCUT2D eigenvalue weighted by Crippen LogP contribution is -2.49. The van der Waals surface area contributed by atoms with Crippen LogP contribution in [0.4, 0.5) is 5.69 Å². The van der Waals surface area contributed by atoms with E-state index in [4.69, 9.17) is 0 Å². The predicted octanol–water partition coefficient (Wildman–Crippen LogP) is 3.72. The number of benzene rings is 1. The first-order valence-electron chi connectivity index (χ1n) is 8.44. The third-order valence-corrected chi connectivity index (χ3v) is 5.54. The van der Waals surface area contributed by atoms with Gasteiger partial charge in [-0.2, -0.15) is 0 Å². The zero-order valence-corrected chi connectivity index (χ0v) is 13.5. The second-order valence-corrected chi connectivity index (χ2v) is 6.57. The molecule has 0 saturated carbocycles. The zero-order chi connectivity index (χ0) is 15.6. The molecule has 1 aromatic carbocycles. The predicted molar refractivity (Wildman–Crippen MR) is 91.2 cm³/mol. The molecule has 118 valence electrons. The minimum absolute atomic E-state index is 0.200. The van der Waals surface area contributed by atoms with Crippen LogP contribution in [-0.2, 0) is 11.2 Å². The van der Waals surface area contributed by atoms with Crippen molar-refractivity contribution in [2.24, 2.45) is 0 Å². The van der Waals surface area contributed by atoms with Crippen LogP contribution in [-0.4, -0.2) is 29.9 Å². The molecular formula is C19H26N2O. The average molecular weight is 298 g/mol. The largest absolute Gasteiger partial charge is 0.328 e. The molecular weight excluding hydrogens is 272 g/mol. The van der Waals surface area contributed by atoms with Crippen LogP contribution in [0.1, 0.15) is 49.7 Å². The number of likely N-dealkylation sites (tertiary alicyclic amines) is 1. The first-order chi connectivity index (χ1) is 10.8. The molecule has 1 heterocycles. The summed E-state index contributed by atoms with van der Waals surface area (Å²) >= 11 is 0. The van der Waals surface area contributed by atoms with Crippen molar-refractivity contribution in [2.45, 2.75) is 50.5 Å². The topological polar surface area (TPSA) is 32.3 Å². The van der Waals surface area contributed by atoms with Gasteiger partial charge in [0.25, 0.3) is 0 Å². The Kier molecular flexibility index (Phi) is 4.34. The number of carbonyl (C=O) groups is 1. The number of hydrogen-bond acceptors (Lipinski definition) is 2. The van der Waals surface area contributed by atoms with Crippen molar-refractivity contribution in [3.63, 3.8) is 0 Å². The van der Waals surface area contributed by atoms with Crippen LogP contribution in [0.5, 0.6) is 0 Å². The van der Waals surface area contributed by atoms with Gasteiger partial charge in [0.1, 0.15) is 0 Å². The quantitative estimate of drug-likeness (QED) is 0.641. The molecule has 1 saturated heterocycles. The monoisotopic (exact) mass is 298 g/mol. The van der Waals surface area contributed by atoms with Gasteiger partial charge < -0.3 is 5.32 Å². The Morgan fingerprint density at radius 2 is 2.36 bits per heavy atom. The second kappa shape index (κ2) is 6.25. The van der Waals surface area contributed by atoms with Crippen LogP contribution in [0.25, 0.3) is 0 Å². The third kappa shape index (κ3) is 2.28. The number of hydrogen-bond donors (Lipinski definition) is 1. The van der Waals surface area contributed by atoms with Crippen LogP contribution in [0.3, 0.4) is 0 Å².